The van der Waals surface area contributed by atoms with Gasteiger partial charge in [-0.3, -0.25) is 9.48 Å². The van der Waals surface area contributed by atoms with E-state index in [4.69, 9.17) is 0 Å². The quantitative estimate of drug-likeness (QED) is 0.918. The molecule has 2 aromatic rings. The average Bonchev–Trinajstić information content (AvgIpc) is 2.59. The van der Waals surface area contributed by atoms with E-state index >= 15 is 0 Å². The molecular weight excluding hydrogens is 270 g/mol. The predicted octanol–water partition coefficient (Wildman–Crippen LogP) is 2.43. The Morgan fingerprint density at radius 2 is 2.06 bits per heavy atom. The van der Waals surface area contributed by atoms with Gasteiger partial charge in [0.05, 0.1) is 4.47 Å². The molecule has 0 aliphatic carbocycles. The average molecular weight is 280 g/mol. The molecule has 1 aromatic carbocycles. The number of rotatable bonds is 2. The summed E-state index contributed by atoms with van der Waals surface area (Å²) in [6.07, 6.45) is 1.74. The zero-order chi connectivity index (χ0) is 11.5. The van der Waals surface area contributed by atoms with E-state index in [0.717, 1.165) is 5.69 Å². The van der Waals surface area contributed by atoms with Gasteiger partial charge in [0.15, 0.2) is 5.69 Å². The zero-order valence-corrected chi connectivity index (χ0v) is 10.2. The summed E-state index contributed by atoms with van der Waals surface area (Å²) in [4.78, 5) is 11.8. The van der Waals surface area contributed by atoms with Crippen molar-refractivity contribution < 1.29 is 4.79 Å². The molecule has 0 spiro atoms. The fraction of sp³-hybridized carbons (Fsp3) is 0.0909. The number of nitrogens with zero attached hydrogens (tertiary/aromatic N) is 2. The minimum absolute atomic E-state index is 0.223. The number of aryl methyl sites for hydroxylation is 1. The second kappa shape index (κ2) is 4.49. The van der Waals surface area contributed by atoms with Crippen LogP contribution in [0.2, 0.25) is 0 Å². The maximum atomic E-state index is 11.8. The van der Waals surface area contributed by atoms with Gasteiger partial charge >= 0.3 is 0 Å². The van der Waals surface area contributed by atoms with Crippen molar-refractivity contribution in [3.8, 4) is 0 Å². The summed E-state index contributed by atoms with van der Waals surface area (Å²) < 4.78 is 2.27. The number of benzene rings is 1. The van der Waals surface area contributed by atoms with Gasteiger partial charge in [0.25, 0.3) is 5.91 Å². The van der Waals surface area contributed by atoms with Crippen LogP contribution in [0.5, 0.6) is 0 Å². The number of anilines is 1. The number of aromatic nitrogens is 2. The van der Waals surface area contributed by atoms with E-state index in [1.54, 1.807) is 17.9 Å². The van der Waals surface area contributed by atoms with Gasteiger partial charge in [-0.1, -0.05) is 18.2 Å². The first-order valence-electron chi connectivity index (χ1n) is 4.72. The molecule has 4 nitrogen and oxygen atoms in total. The number of carbonyl (C=O) groups excluding carboxylic acids is 1. The van der Waals surface area contributed by atoms with E-state index in [9.17, 15) is 4.79 Å². The molecule has 0 saturated carbocycles. The van der Waals surface area contributed by atoms with Crippen LogP contribution in [-0.4, -0.2) is 15.7 Å². The largest absolute Gasteiger partial charge is 0.321 e. The number of para-hydroxylation sites is 1. The SMILES string of the molecule is Cn1cc(Br)c(C(=O)Nc2ccccc2)n1. The topological polar surface area (TPSA) is 46.9 Å². The lowest BCUT2D eigenvalue weighted by Gasteiger charge is -2.02. The Kier molecular flexibility index (Phi) is 3.05. The van der Waals surface area contributed by atoms with Gasteiger partial charge in [-0.05, 0) is 28.1 Å². The van der Waals surface area contributed by atoms with Crippen LogP contribution in [0.1, 0.15) is 10.5 Å². The van der Waals surface area contributed by atoms with Crippen LogP contribution in [-0.2, 0) is 7.05 Å². The van der Waals surface area contributed by atoms with Crippen molar-refractivity contribution in [2.24, 2.45) is 7.05 Å². The highest BCUT2D eigenvalue weighted by atomic mass is 79.9. The molecule has 2 rings (SSSR count). The van der Waals surface area contributed by atoms with Gasteiger partial charge in [0, 0.05) is 18.9 Å². The Morgan fingerprint density at radius 1 is 1.38 bits per heavy atom. The summed E-state index contributed by atoms with van der Waals surface area (Å²) in [7, 11) is 1.77. The lowest BCUT2D eigenvalue weighted by molar-refractivity contribution is 0.102. The first-order chi connectivity index (χ1) is 7.66. The molecule has 0 atom stereocenters. The lowest BCUT2D eigenvalue weighted by atomic mass is 10.3. The highest BCUT2D eigenvalue weighted by Crippen LogP contribution is 2.16. The van der Waals surface area contributed by atoms with Gasteiger partial charge < -0.3 is 5.32 Å². The molecule has 16 heavy (non-hydrogen) atoms. The van der Waals surface area contributed by atoms with Crippen LogP contribution in [0.15, 0.2) is 41.0 Å². The van der Waals surface area contributed by atoms with Crippen molar-refractivity contribution in [2.75, 3.05) is 5.32 Å². The van der Waals surface area contributed by atoms with Gasteiger partial charge in [-0.25, -0.2) is 0 Å². The fourth-order valence-electron chi connectivity index (χ4n) is 1.33. The zero-order valence-electron chi connectivity index (χ0n) is 8.64. The van der Waals surface area contributed by atoms with Crippen molar-refractivity contribution in [3.05, 3.63) is 46.7 Å². The Balaban J connectivity index is 2.18. The Morgan fingerprint density at radius 3 is 2.62 bits per heavy atom. The number of halogens is 1. The molecule has 82 valence electrons. The summed E-state index contributed by atoms with van der Waals surface area (Å²) in [6, 6.07) is 9.28. The van der Waals surface area contributed by atoms with E-state index < -0.39 is 0 Å². The molecule has 1 N–H and O–H groups in total. The van der Waals surface area contributed by atoms with Crippen molar-refractivity contribution in [1.29, 1.82) is 0 Å². The molecule has 5 heteroatoms. The maximum Gasteiger partial charge on any atom is 0.277 e. The number of hydrogen-bond acceptors (Lipinski definition) is 2. The Bertz CT molecular complexity index is 507. The minimum atomic E-state index is -0.223. The molecule has 0 bridgehead atoms. The number of hydrogen-bond donors (Lipinski definition) is 1. The Labute approximate surface area is 101 Å². The second-order valence-corrected chi connectivity index (χ2v) is 4.17. The molecule has 1 aromatic heterocycles. The molecule has 0 aliphatic rings. The molecule has 0 saturated heterocycles. The van der Waals surface area contributed by atoms with Crippen LogP contribution >= 0.6 is 15.9 Å². The first-order valence-corrected chi connectivity index (χ1v) is 5.51. The van der Waals surface area contributed by atoms with E-state index in [2.05, 4.69) is 26.3 Å². The highest BCUT2D eigenvalue weighted by Gasteiger charge is 2.13. The number of nitrogens with one attached hydrogen (secondary N) is 1. The van der Waals surface area contributed by atoms with Gasteiger partial charge in [0.1, 0.15) is 0 Å². The third-order valence-corrected chi connectivity index (χ3v) is 2.61. The molecule has 1 heterocycles. The van der Waals surface area contributed by atoms with Gasteiger partial charge in [-0.2, -0.15) is 5.10 Å². The van der Waals surface area contributed by atoms with Gasteiger partial charge in [-0.15, -0.1) is 0 Å². The smallest absolute Gasteiger partial charge is 0.277 e. The normalized spacial score (nSPS) is 10.1. The maximum absolute atomic E-state index is 11.8. The second-order valence-electron chi connectivity index (χ2n) is 3.32. The molecular formula is C11H10BrN3O. The number of carbonyl (C=O) groups is 1. The van der Waals surface area contributed by atoms with Crippen molar-refractivity contribution in [2.45, 2.75) is 0 Å². The fourth-order valence-corrected chi connectivity index (χ4v) is 1.88. The Hall–Kier alpha value is -1.62. The van der Waals surface area contributed by atoms with Crippen LogP contribution in [0.3, 0.4) is 0 Å². The third kappa shape index (κ3) is 2.30. The monoisotopic (exact) mass is 279 g/mol. The van der Waals surface area contributed by atoms with Crippen molar-refractivity contribution >= 4 is 27.5 Å². The van der Waals surface area contributed by atoms with Gasteiger partial charge in [0.2, 0.25) is 0 Å². The summed E-state index contributed by atoms with van der Waals surface area (Å²) in [5.41, 5.74) is 1.14. The van der Waals surface area contributed by atoms with Crippen LogP contribution in [0.4, 0.5) is 5.69 Å². The summed E-state index contributed by atoms with van der Waals surface area (Å²) in [5, 5.41) is 6.83. The van der Waals surface area contributed by atoms with E-state index in [-0.39, 0.29) is 5.91 Å². The third-order valence-electron chi connectivity index (χ3n) is 2.03. The predicted molar refractivity (Wildman–Crippen MR) is 65.3 cm³/mol. The molecule has 1 amide bonds. The lowest BCUT2D eigenvalue weighted by Crippen LogP contribution is -2.13. The highest BCUT2D eigenvalue weighted by molar-refractivity contribution is 9.10. The van der Waals surface area contributed by atoms with Crippen LogP contribution in [0, 0.1) is 0 Å². The first kappa shape index (κ1) is 10.9. The standard InChI is InChI=1S/C11H10BrN3O/c1-15-7-9(12)10(14-15)11(16)13-8-5-3-2-4-6-8/h2-7H,1H3,(H,13,16). The minimum Gasteiger partial charge on any atom is -0.321 e. The van der Waals surface area contributed by atoms with Crippen LogP contribution < -0.4 is 5.32 Å². The van der Waals surface area contributed by atoms with Crippen molar-refractivity contribution in [1.82, 2.24) is 9.78 Å². The van der Waals surface area contributed by atoms with E-state index in [1.165, 1.54) is 0 Å². The summed E-state index contributed by atoms with van der Waals surface area (Å²) in [6.45, 7) is 0. The number of amides is 1. The van der Waals surface area contributed by atoms with E-state index in [0.29, 0.717) is 10.2 Å². The molecule has 0 radical (unpaired) electrons. The molecule has 0 fully saturated rings. The van der Waals surface area contributed by atoms with Crippen molar-refractivity contribution in [3.63, 3.8) is 0 Å². The molecule has 0 unspecified atom stereocenters. The summed E-state index contributed by atoms with van der Waals surface area (Å²) >= 11 is 3.29. The van der Waals surface area contributed by atoms with Crippen LogP contribution in [0.25, 0.3) is 0 Å². The molecule has 0 aliphatic heterocycles. The summed E-state index contributed by atoms with van der Waals surface area (Å²) in [5.74, 6) is -0.223. The van der Waals surface area contributed by atoms with E-state index in [1.807, 2.05) is 30.3 Å².